The summed E-state index contributed by atoms with van der Waals surface area (Å²) >= 11 is 5.73. The van der Waals surface area contributed by atoms with Gasteiger partial charge < -0.3 is 10.8 Å². The fourth-order valence-corrected chi connectivity index (χ4v) is 1.44. The van der Waals surface area contributed by atoms with Gasteiger partial charge in [0.15, 0.2) is 0 Å². The topological polar surface area (TPSA) is 63.3 Å². The first-order valence-corrected chi connectivity index (χ1v) is 5.12. The molecule has 1 aromatic rings. The lowest BCUT2D eigenvalue weighted by Crippen LogP contribution is -2.49. The van der Waals surface area contributed by atoms with Crippen LogP contribution in [0.1, 0.15) is 18.9 Å². The van der Waals surface area contributed by atoms with Gasteiger partial charge in [0.1, 0.15) is 5.54 Å². The number of aliphatic carboxylic acids is 1. The zero-order valence-corrected chi connectivity index (χ0v) is 9.29. The van der Waals surface area contributed by atoms with E-state index in [1.54, 1.807) is 31.2 Å². The number of carboxylic acid groups (broad SMARTS) is 1. The molecule has 1 rings (SSSR count). The second kappa shape index (κ2) is 4.64. The Morgan fingerprint density at radius 2 is 2.00 bits per heavy atom. The number of carbonyl (C=O) groups is 1. The van der Waals surface area contributed by atoms with E-state index in [0.29, 0.717) is 17.9 Å². The van der Waals surface area contributed by atoms with Crippen molar-refractivity contribution < 1.29 is 9.90 Å². The third kappa shape index (κ3) is 2.94. The van der Waals surface area contributed by atoms with Gasteiger partial charge in [-0.3, -0.25) is 4.79 Å². The largest absolute Gasteiger partial charge is 0.480 e. The van der Waals surface area contributed by atoms with Crippen LogP contribution in [0.5, 0.6) is 0 Å². The first-order chi connectivity index (χ1) is 6.98. The Morgan fingerprint density at radius 3 is 2.40 bits per heavy atom. The predicted octanol–water partition coefficient (Wildman–Crippen LogP) is 2.07. The molecule has 3 nitrogen and oxygen atoms in total. The van der Waals surface area contributed by atoms with Crippen LogP contribution >= 0.6 is 11.6 Å². The maximum absolute atomic E-state index is 11.0. The van der Waals surface area contributed by atoms with Crippen LogP contribution in [0.4, 0.5) is 0 Å². The molecule has 0 amide bonds. The molecule has 0 spiro atoms. The lowest BCUT2D eigenvalue weighted by atomic mass is 9.89. The smallest absolute Gasteiger partial charge is 0.324 e. The summed E-state index contributed by atoms with van der Waals surface area (Å²) in [6.45, 7) is 1.77. The number of hydrogen-bond acceptors (Lipinski definition) is 2. The van der Waals surface area contributed by atoms with Gasteiger partial charge in [0.05, 0.1) is 0 Å². The molecule has 82 valence electrons. The van der Waals surface area contributed by atoms with Crippen molar-refractivity contribution in [3.05, 3.63) is 34.9 Å². The molecule has 15 heavy (non-hydrogen) atoms. The van der Waals surface area contributed by atoms with Crippen LogP contribution in [0.3, 0.4) is 0 Å². The number of halogens is 1. The van der Waals surface area contributed by atoms with E-state index in [9.17, 15) is 4.79 Å². The van der Waals surface area contributed by atoms with Crippen molar-refractivity contribution in [3.63, 3.8) is 0 Å². The summed E-state index contributed by atoms with van der Waals surface area (Å²) in [5.74, 6) is -0.972. The first-order valence-electron chi connectivity index (χ1n) is 4.74. The lowest BCUT2D eigenvalue weighted by molar-refractivity contribution is -0.143. The summed E-state index contributed by atoms with van der Waals surface area (Å²) in [4.78, 5) is 11.0. The Hall–Kier alpha value is -1.06. The maximum atomic E-state index is 11.0. The Labute approximate surface area is 93.9 Å². The molecular weight excluding hydrogens is 214 g/mol. The van der Waals surface area contributed by atoms with Crippen molar-refractivity contribution in [3.8, 4) is 0 Å². The van der Waals surface area contributed by atoms with Crippen molar-refractivity contribution in [2.75, 3.05) is 0 Å². The molecular formula is C11H14ClNO2. The molecule has 0 aliphatic rings. The van der Waals surface area contributed by atoms with Gasteiger partial charge in [0, 0.05) is 11.4 Å². The van der Waals surface area contributed by atoms with E-state index in [4.69, 9.17) is 22.4 Å². The van der Waals surface area contributed by atoms with Crippen LogP contribution in [0.2, 0.25) is 5.02 Å². The van der Waals surface area contributed by atoms with E-state index in [1.165, 1.54) is 0 Å². The fourth-order valence-electron chi connectivity index (χ4n) is 1.32. The van der Waals surface area contributed by atoms with Gasteiger partial charge in [-0.2, -0.15) is 0 Å². The Bertz CT molecular complexity index is 350. The van der Waals surface area contributed by atoms with Crippen LogP contribution in [0.15, 0.2) is 24.3 Å². The molecule has 0 fully saturated rings. The molecule has 1 unspecified atom stereocenters. The van der Waals surface area contributed by atoms with E-state index < -0.39 is 11.5 Å². The maximum Gasteiger partial charge on any atom is 0.324 e. The van der Waals surface area contributed by atoms with E-state index >= 15 is 0 Å². The van der Waals surface area contributed by atoms with Gasteiger partial charge in [-0.25, -0.2) is 0 Å². The minimum absolute atomic E-state index is 0.315. The zero-order chi connectivity index (χ0) is 11.5. The monoisotopic (exact) mass is 227 g/mol. The van der Waals surface area contributed by atoms with Crippen LogP contribution in [-0.4, -0.2) is 16.6 Å². The standard InChI is InChI=1S/C11H14ClNO2/c1-2-11(13,10(14)15)7-8-3-5-9(12)6-4-8/h3-6H,2,7,13H2,1H3,(H,14,15). The summed E-state index contributed by atoms with van der Waals surface area (Å²) in [6, 6.07) is 7.05. The second-order valence-electron chi connectivity index (χ2n) is 3.62. The van der Waals surface area contributed by atoms with Gasteiger partial charge in [0.2, 0.25) is 0 Å². The summed E-state index contributed by atoms with van der Waals surface area (Å²) < 4.78 is 0. The van der Waals surface area contributed by atoms with Gasteiger partial charge in [-0.1, -0.05) is 30.7 Å². The molecule has 0 aliphatic heterocycles. The summed E-state index contributed by atoms with van der Waals surface area (Å²) in [6.07, 6.45) is 0.709. The number of carboxylic acids is 1. The van der Waals surface area contributed by atoms with E-state index in [1.807, 2.05) is 0 Å². The number of rotatable bonds is 4. The molecule has 4 heteroatoms. The average Bonchev–Trinajstić information content (AvgIpc) is 2.21. The third-order valence-electron chi connectivity index (χ3n) is 2.49. The van der Waals surface area contributed by atoms with Crippen LogP contribution < -0.4 is 5.73 Å². The molecule has 0 saturated carbocycles. The molecule has 0 saturated heterocycles. The van der Waals surface area contributed by atoms with Crippen molar-refractivity contribution in [2.24, 2.45) is 5.73 Å². The van der Waals surface area contributed by atoms with Crippen molar-refractivity contribution in [1.82, 2.24) is 0 Å². The average molecular weight is 228 g/mol. The van der Waals surface area contributed by atoms with Gasteiger partial charge >= 0.3 is 5.97 Å². The quantitative estimate of drug-likeness (QED) is 0.828. The SMILES string of the molecule is CCC(N)(Cc1ccc(Cl)cc1)C(=O)O. The number of nitrogens with two attached hydrogens (primary N) is 1. The molecule has 0 aliphatic carbocycles. The second-order valence-corrected chi connectivity index (χ2v) is 4.05. The highest BCUT2D eigenvalue weighted by molar-refractivity contribution is 6.30. The summed E-state index contributed by atoms with van der Waals surface area (Å²) in [7, 11) is 0. The highest BCUT2D eigenvalue weighted by Crippen LogP contribution is 2.17. The molecule has 0 radical (unpaired) electrons. The van der Waals surface area contributed by atoms with Crippen molar-refractivity contribution in [2.45, 2.75) is 25.3 Å². The van der Waals surface area contributed by atoms with Gasteiger partial charge in [-0.15, -0.1) is 0 Å². The Kier molecular flexibility index (Phi) is 3.72. The minimum atomic E-state index is -1.19. The summed E-state index contributed by atoms with van der Waals surface area (Å²) in [5.41, 5.74) is 5.47. The van der Waals surface area contributed by atoms with E-state index in [-0.39, 0.29) is 0 Å². The van der Waals surface area contributed by atoms with Crippen LogP contribution in [0.25, 0.3) is 0 Å². The van der Waals surface area contributed by atoms with Crippen molar-refractivity contribution >= 4 is 17.6 Å². The van der Waals surface area contributed by atoms with E-state index in [2.05, 4.69) is 0 Å². The number of benzene rings is 1. The molecule has 1 atom stereocenters. The molecule has 0 bridgehead atoms. The van der Waals surface area contributed by atoms with Gasteiger partial charge in [0.25, 0.3) is 0 Å². The lowest BCUT2D eigenvalue weighted by Gasteiger charge is -2.22. The zero-order valence-electron chi connectivity index (χ0n) is 8.53. The predicted molar refractivity (Wildman–Crippen MR) is 60.0 cm³/mol. The van der Waals surface area contributed by atoms with E-state index in [0.717, 1.165) is 5.56 Å². The highest BCUT2D eigenvalue weighted by Gasteiger charge is 2.31. The molecule has 3 N–H and O–H groups in total. The molecule has 0 aromatic heterocycles. The normalized spacial score (nSPS) is 14.6. The molecule has 1 aromatic carbocycles. The van der Waals surface area contributed by atoms with Crippen molar-refractivity contribution in [1.29, 1.82) is 0 Å². The Balaban J connectivity index is 2.84. The molecule has 0 heterocycles. The first kappa shape index (κ1) is 12.0. The third-order valence-corrected chi connectivity index (χ3v) is 2.74. The van der Waals surface area contributed by atoms with Crippen LogP contribution in [0, 0.1) is 0 Å². The number of hydrogen-bond donors (Lipinski definition) is 2. The minimum Gasteiger partial charge on any atom is -0.480 e. The van der Waals surface area contributed by atoms with Crippen LogP contribution in [-0.2, 0) is 11.2 Å². The van der Waals surface area contributed by atoms with Gasteiger partial charge in [-0.05, 0) is 24.1 Å². The highest BCUT2D eigenvalue weighted by atomic mass is 35.5. The summed E-state index contributed by atoms with van der Waals surface area (Å²) in [5, 5.41) is 9.63. The fraction of sp³-hybridized carbons (Fsp3) is 0.364. The Morgan fingerprint density at radius 1 is 1.47 bits per heavy atom.